The van der Waals surface area contributed by atoms with Gasteiger partial charge < -0.3 is 5.73 Å². The Hall–Kier alpha value is -1.93. The lowest BCUT2D eigenvalue weighted by Crippen LogP contribution is -2.38. The largest absolute Gasteiger partial charge is 0.416 e. The molecule has 1 fully saturated rings. The zero-order valence-corrected chi connectivity index (χ0v) is 14.2. The van der Waals surface area contributed by atoms with Gasteiger partial charge in [-0.2, -0.15) is 13.2 Å². The van der Waals surface area contributed by atoms with E-state index in [2.05, 4.69) is 9.88 Å². The summed E-state index contributed by atoms with van der Waals surface area (Å²) < 4.78 is 37.8. The van der Waals surface area contributed by atoms with Gasteiger partial charge >= 0.3 is 6.18 Å². The lowest BCUT2D eigenvalue weighted by atomic mass is 9.96. The first-order valence-electron chi connectivity index (χ1n) is 7.96. The van der Waals surface area contributed by atoms with E-state index in [0.717, 1.165) is 43.8 Å². The second-order valence-corrected chi connectivity index (χ2v) is 7.03. The Balaban J connectivity index is 1.62. The summed E-state index contributed by atoms with van der Waals surface area (Å²) in [7, 11) is 0. The molecule has 4 nitrogen and oxygen atoms in total. The Bertz CT molecular complexity index is 734. The number of hydrogen-bond donors (Lipinski definition) is 1. The molecular weight excluding hydrogens is 351 g/mol. The van der Waals surface area contributed by atoms with E-state index in [1.165, 1.54) is 23.5 Å². The molecule has 8 heteroatoms. The molecule has 0 saturated carbocycles. The van der Waals surface area contributed by atoms with E-state index in [0.29, 0.717) is 17.1 Å². The Morgan fingerprint density at radius 2 is 1.88 bits per heavy atom. The lowest BCUT2D eigenvalue weighted by Gasteiger charge is -2.29. The van der Waals surface area contributed by atoms with Crippen molar-refractivity contribution >= 4 is 17.2 Å². The molecule has 0 spiro atoms. The third-order valence-corrected chi connectivity index (χ3v) is 5.33. The van der Waals surface area contributed by atoms with Crippen molar-refractivity contribution in [1.29, 1.82) is 0 Å². The third kappa shape index (κ3) is 4.38. The molecule has 2 heterocycles. The van der Waals surface area contributed by atoms with E-state index < -0.39 is 11.7 Å². The van der Waals surface area contributed by atoms with Crippen LogP contribution in [0, 0.1) is 5.92 Å². The minimum Gasteiger partial charge on any atom is -0.369 e. The van der Waals surface area contributed by atoms with Crippen LogP contribution in [-0.2, 0) is 17.5 Å². The zero-order valence-electron chi connectivity index (χ0n) is 13.4. The van der Waals surface area contributed by atoms with Gasteiger partial charge in [0.05, 0.1) is 11.3 Å². The van der Waals surface area contributed by atoms with Crippen LogP contribution in [0.5, 0.6) is 0 Å². The van der Waals surface area contributed by atoms with Crippen LogP contribution < -0.4 is 5.73 Å². The van der Waals surface area contributed by atoms with Crippen molar-refractivity contribution in [3.8, 4) is 10.6 Å². The fraction of sp³-hybridized carbons (Fsp3) is 0.412. The normalized spacial score (nSPS) is 16.9. The van der Waals surface area contributed by atoms with Crippen LogP contribution in [0.2, 0.25) is 0 Å². The second-order valence-electron chi connectivity index (χ2n) is 6.17. The number of carbonyl (C=O) groups excluding carboxylic acids is 1. The molecule has 1 aromatic carbocycles. The predicted molar refractivity (Wildman–Crippen MR) is 89.7 cm³/mol. The number of benzene rings is 1. The number of nitrogens with two attached hydrogens (primary N) is 1. The van der Waals surface area contributed by atoms with Crippen LogP contribution >= 0.6 is 11.3 Å². The first kappa shape index (κ1) is 17.9. The lowest BCUT2D eigenvalue weighted by molar-refractivity contribution is -0.137. The van der Waals surface area contributed by atoms with Gasteiger partial charge in [-0.05, 0) is 38.1 Å². The van der Waals surface area contributed by atoms with E-state index >= 15 is 0 Å². The van der Waals surface area contributed by atoms with Gasteiger partial charge in [0, 0.05) is 23.4 Å². The molecule has 134 valence electrons. The summed E-state index contributed by atoms with van der Waals surface area (Å²) in [6, 6.07) is 5.05. The van der Waals surface area contributed by atoms with Gasteiger partial charge in [0.25, 0.3) is 0 Å². The topological polar surface area (TPSA) is 59.2 Å². The minimum absolute atomic E-state index is 0.0469. The molecule has 1 aromatic heterocycles. The Kier molecular flexibility index (Phi) is 5.10. The van der Waals surface area contributed by atoms with Crippen molar-refractivity contribution in [2.45, 2.75) is 25.6 Å². The Labute approximate surface area is 147 Å². The number of likely N-dealkylation sites (tertiary alicyclic amines) is 1. The van der Waals surface area contributed by atoms with Crippen LogP contribution in [0.1, 0.15) is 24.1 Å². The van der Waals surface area contributed by atoms with Crippen LogP contribution in [0.15, 0.2) is 29.6 Å². The molecule has 0 radical (unpaired) electrons. The fourth-order valence-electron chi connectivity index (χ4n) is 2.92. The molecule has 0 bridgehead atoms. The second kappa shape index (κ2) is 7.13. The molecule has 0 aliphatic carbocycles. The molecule has 2 N–H and O–H groups in total. The van der Waals surface area contributed by atoms with E-state index in [1.807, 2.05) is 5.38 Å². The van der Waals surface area contributed by atoms with E-state index in [-0.39, 0.29) is 11.8 Å². The van der Waals surface area contributed by atoms with Gasteiger partial charge in [-0.15, -0.1) is 11.3 Å². The number of primary amides is 1. The molecule has 2 aromatic rings. The molecule has 3 rings (SSSR count). The van der Waals surface area contributed by atoms with Crippen molar-refractivity contribution in [1.82, 2.24) is 9.88 Å². The highest BCUT2D eigenvalue weighted by molar-refractivity contribution is 7.13. The van der Waals surface area contributed by atoms with Crippen molar-refractivity contribution in [2.24, 2.45) is 11.7 Å². The number of amides is 1. The molecular formula is C17H18F3N3OS. The molecule has 1 amide bonds. The number of piperidine rings is 1. The summed E-state index contributed by atoms with van der Waals surface area (Å²) in [5.41, 5.74) is 6.23. The van der Waals surface area contributed by atoms with Gasteiger partial charge in [0.2, 0.25) is 5.91 Å². The maximum absolute atomic E-state index is 12.6. The van der Waals surface area contributed by atoms with Gasteiger partial charge in [-0.3, -0.25) is 9.69 Å². The molecule has 25 heavy (non-hydrogen) atoms. The van der Waals surface area contributed by atoms with Crippen molar-refractivity contribution in [2.75, 3.05) is 13.1 Å². The standard InChI is InChI=1S/C17H18F3N3OS/c18-17(19,20)13-3-1-12(2-4-13)16-22-14(10-25-16)9-23-7-5-11(6-8-23)15(21)24/h1-4,10-11H,5-9H2,(H2,21,24). The maximum Gasteiger partial charge on any atom is 0.416 e. The Morgan fingerprint density at radius 1 is 1.24 bits per heavy atom. The summed E-state index contributed by atoms with van der Waals surface area (Å²) in [5.74, 6) is -0.285. The summed E-state index contributed by atoms with van der Waals surface area (Å²) in [4.78, 5) is 17.9. The van der Waals surface area contributed by atoms with Gasteiger partial charge in [0.1, 0.15) is 5.01 Å². The smallest absolute Gasteiger partial charge is 0.369 e. The minimum atomic E-state index is -4.33. The molecule has 1 saturated heterocycles. The number of aromatic nitrogens is 1. The summed E-state index contributed by atoms with van der Waals surface area (Å²) in [5, 5.41) is 2.63. The molecule has 1 aliphatic heterocycles. The predicted octanol–water partition coefficient (Wildman–Crippen LogP) is 3.53. The van der Waals surface area contributed by atoms with Crippen molar-refractivity contribution < 1.29 is 18.0 Å². The third-order valence-electron chi connectivity index (χ3n) is 4.39. The number of rotatable bonds is 4. The molecule has 0 unspecified atom stereocenters. The number of halogens is 3. The molecule has 0 atom stereocenters. The van der Waals surface area contributed by atoms with Crippen LogP contribution in [0.4, 0.5) is 13.2 Å². The average molecular weight is 369 g/mol. The average Bonchev–Trinajstić information content (AvgIpc) is 3.03. The monoisotopic (exact) mass is 369 g/mol. The number of nitrogens with zero attached hydrogens (tertiary/aromatic N) is 2. The van der Waals surface area contributed by atoms with Gasteiger partial charge in [0.15, 0.2) is 0 Å². The highest BCUT2D eigenvalue weighted by Crippen LogP contribution is 2.32. The number of hydrogen-bond acceptors (Lipinski definition) is 4. The zero-order chi connectivity index (χ0) is 18.0. The number of thiazole rings is 1. The van der Waals surface area contributed by atoms with Gasteiger partial charge in [-0.1, -0.05) is 12.1 Å². The highest BCUT2D eigenvalue weighted by Gasteiger charge is 2.30. The SMILES string of the molecule is NC(=O)C1CCN(Cc2csc(-c3ccc(C(F)(F)F)cc3)n2)CC1. The van der Waals surface area contributed by atoms with E-state index in [4.69, 9.17) is 5.73 Å². The maximum atomic E-state index is 12.6. The fourth-order valence-corrected chi connectivity index (χ4v) is 3.74. The Morgan fingerprint density at radius 3 is 2.44 bits per heavy atom. The first-order chi connectivity index (χ1) is 11.8. The molecule has 1 aliphatic rings. The quantitative estimate of drug-likeness (QED) is 0.897. The van der Waals surface area contributed by atoms with Crippen LogP contribution in [0.3, 0.4) is 0 Å². The van der Waals surface area contributed by atoms with Crippen LogP contribution in [0.25, 0.3) is 10.6 Å². The summed E-state index contributed by atoms with van der Waals surface area (Å²) in [6.45, 7) is 2.25. The summed E-state index contributed by atoms with van der Waals surface area (Å²) in [6.07, 6.45) is -2.82. The number of carbonyl (C=O) groups is 1. The van der Waals surface area contributed by atoms with Crippen molar-refractivity contribution in [3.63, 3.8) is 0 Å². The highest BCUT2D eigenvalue weighted by atomic mass is 32.1. The van der Waals surface area contributed by atoms with Crippen molar-refractivity contribution in [3.05, 3.63) is 40.9 Å². The summed E-state index contributed by atoms with van der Waals surface area (Å²) >= 11 is 1.42. The van der Waals surface area contributed by atoms with E-state index in [9.17, 15) is 18.0 Å². The first-order valence-corrected chi connectivity index (χ1v) is 8.84. The van der Waals surface area contributed by atoms with Crippen LogP contribution in [-0.4, -0.2) is 28.9 Å². The van der Waals surface area contributed by atoms with Gasteiger partial charge in [-0.25, -0.2) is 4.98 Å². The van der Waals surface area contributed by atoms with E-state index in [1.54, 1.807) is 0 Å². The number of alkyl halides is 3.